The van der Waals surface area contributed by atoms with Crippen molar-refractivity contribution >= 4 is 46.1 Å². The van der Waals surface area contributed by atoms with Crippen LogP contribution in [0.25, 0.3) is 5.76 Å². The van der Waals surface area contributed by atoms with Crippen LogP contribution < -0.4 is 9.64 Å². The van der Waals surface area contributed by atoms with Crippen molar-refractivity contribution in [1.29, 1.82) is 0 Å². The molecule has 1 aliphatic rings. The normalized spacial score (nSPS) is 17.9. The number of hydrogen-bond donors (Lipinski definition) is 1. The number of ketones is 1. The van der Waals surface area contributed by atoms with Gasteiger partial charge in [0.25, 0.3) is 11.7 Å². The maximum Gasteiger partial charge on any atom is 0.300 e. The molecule has 2 heterocycles. The zero-order valence-electron chi connectivity index (χ0n) is 17.2. The Morgan fingerprint density at radius 1 is 1.13 bits per heavy atom. The topological polar surface area (TPSA) is 66.8 Å². The first kappa shape index (κ1) is 21.2. The predicted molar refractivity (Wildman–Crippen MR) is 123 cm³/mol. The Balaban J connectivity index is 2.00. The Kier molecular flexibility index (Phi) is 5.60. The fourth-order valence-electron chi connectivity index (χ4n) is 3.79. The van der Waals surface area contributed by atoms with Crippen LogP contribution in [0.15, 0.2) is 59.5 Å². The van der Waals surface area contributed by atoms with Gasteiger partial charge in [0.05, 0.1) is 18.2 Å². The molecule has 7 heteroatoms. The van der Waals surface area contributed by atoms with E-state index in [4.69, 9.17) is 16.3 Å². The minimum atomic E-state index is -0.774. The third kappa shape index (κ3) is 3.62. The van der Waals surface area contributed by atoms with E-state index < -0.39 is 17.7 Å². The minimum Gasteiger partial charge on any atom is -0.507 e. The fourth-order valence-corrected chi connectivity index (χ4v) is 5.00. The molecule has 5 nitrogen and oxygen atoms in total. The van der Waals surface area contributed by atoms with Gasteiger partial charge in [-0.25, -0.2) is 0 Å². The van der Waals surface area contributed by atoms with E-state index in [0.29, 0.717) is 22.0 Å². The summed E-state index contributed by atoms with van der Waals surface area (Å²) >= 11 is 7.59. The largest absolute Gasteiger partial charge is 0.507 e. The standard InChI is InChI=1S/C24H20ClNO4S/c1-13-7-8-18(30-3)17(11-13)21(27)19-20(23-14(2)9-10-31-23)26(24(29)22(19)28)16-6-4-5-15(25)12-16/h4-12,20,27H,1-3H3/b21-19-. The van der Waals surface area contributed by atoms with Crippen molar-refractivity contribution in [2.75, 3.05) is 12.0 Å². The van der Waals surface area contributed by atoms with Gasteiger partial charge < -0.3 is 9.84 Å². The molecule has 2 aromatic carbocycles. The molecule has 158 valence electrons. The smallest absolute Gasteiger partial charge is 0.300 e. The second kappa shape index (κ2) is 8.21. The molecule has 1 fully saturated rings. The Labute approximate surface area is 189 Å². The predicted octanol–water partition coefficient (Wildman–Crippen LogP) is 5.65. The lowest BCUT2D eigenvalue weighted by Gasteiger charge is -2.25. The Morgan fingerprint density at radius 3 is 2.55 bits per heavy atom. The summed E-state index contributed by atoms with van der Waals surface area (Å²) in [6, 6.07) is 13.2. The second-order valence-electron chi connectivity index (χ2n) is 7.32. The number of carbonyl (C=O) groups excluding carboxylic acids is 2. The van der Waals surface area contributed by atoms with E-state index in [9.17, 15) is 14.7 Å². The van der Waals surface area contributed by atoms with Crippen molar-refractivity contribution in [3.05, 3.63) is 86.1 Å². The van der Waals surface area contributed by atoms with Gasteiger partial charge in [0.1, 0.15) is 17.6 Å². The summed E-state index contributed by atoms with van der Waals surface area (Å²) in [7, 11) is 1.49. The average Bonchev–Trinajstić information content (AvgIpc) is 3.28. The molecule has 1 aliphatic heterocycles. The highest BCUT2D eigenvalue weighted by Crippen LogP contribution is 2.46. The highest BCUT2D eigenvalue weighted by molar-refractivity contribution is 7.10. The molecule has 1 unspecified atom stereocenters. The molecule has 0 radical (unpaired) electrons. The number of nitrogens with zero attached hydrogens (tertiary/aromatic N) is 1. The SMILES string of the molecule is COc1ccc(C)cc1/C(O)=C1/C(=O)C(=O)N(c2cccc(Cl)c2)C1c1sccc1C. The van der Waals surface area contributed by atoms with Gasteiger partial charge in [-0.1, -0.05) is 29.3 Å². The van der Waals surface area contributed by atoms with Crippen LogP contribution in [-0.4, -0.2) is 23.9 Å². The summed E-state index contributed by atoms with van der Waals surface area (Å²) in [5, 5.41) is 13.6. The number of Topliss-reactive ketones (excluding diaryl/α,β-unsaturated/α-hetero) is 1. The van der Waals surface area contributed by atoms with Gasteiger partial charge in [0, 0.05) is 15.6 Å². The summed E-state index contributed by atoms with van der Waals surface area (Å²) in [6.07, 6.45) is 0. The van der Waals surface area contributed by atoms with Gasteiger partial charge >= 0.3 is 0 Å². The molecule has 1 atom stereocenters. The van der Waals surface area contributed by atoms with E-state index in [1.165, 1.54) is 23.3 Å². The molecule has 1 amide bonds. The molecular formula is C24H20ClNO4S. The number of ether oxygens (including phenoxy) is 1. The van der Waals surface area contributed by atoms with Crippen LogP contribution in [0.5, 0.6) is 5.75 Å². The zero-order chi connectivity index (χ0) is 22.3. The molecule has 4 rings (SSSR count). The Hall–Kier alpha value is -3.09. The third-order valence-corrected chi connectivity index (χ3v) is 6.60. The molecular weight excluding hydrogens is 434 g/mol. The van der Waals surface area contributed by atoms with Gasteiger partial charge in [-0.3, -0.25) is 14.5 Å². The lowest BCUT2D eigenvalue weighted by atomic mass is 9.97. The van der Waals surface area contributed by atoms with Gasteiger partial charge in [-0.15, -0.1) is 11.3 Å². The second-order valence-corrected chi connectivity index (χ2v) is 8.70. The summed E-state index contributed by atoms with van der Waals surface area (Å²) in [6.45, 7) is 3.79. The third-order valence-electron chi connectivity index (χ3n) is 5.29. The van der Waals surface area contributed by atoms with Gasteiger partial charge in [-0.05, 0) is 61.2 Å². The number of hydrogen-bond acceptors (Lipinski definition) is 5. The van der Waals surface area contributed by atoms with Crippen LogP contribution in [-0.2, 0) is 9.59 Å². The maximum absolute atomic E-state index is 13.2. The Morgan fingerprint density at radius 2 is 1.90 bits per heavy atom. The minimum absolute atomic E-state index is 0.0272. The fraction of sp³-hybridized carbons (Fsp3) is 0.167. The van der Waals surface area contributed by atoms with E-state index in [2.05, 4.69) is 0 Å². The summed E-state index contributed by atoms with van der Waals surface area (Å²) in [5.41, 5.74) is 2.69. The van der Waals surface area contributed by atoms with Crippen molar-refractivity contribution in [3.8, 4) is 5.75 Å². The van der Waals surface area contributed by atoms with Crippen molar-refractivity contribution in [2.45, 2.75) is 19.9 Å². The van der Waals surface area contributed by atoms with Crippen molar-refractivity contribution in [2.24, 2.45) is 0 Å². The maximum atomic E-state index is 13.2. The number of amides is 1. The molecule has 0 aliphatic carbocycles. The lowest BCUT2D eigenvalue weighted by molar-refractivity contribution is -0.132. The molecule has 31 heavy (non-hydrogen) atoms. The lowest BCUT2D eigenvalue weighted by Crippen LogP contribution is -2.29. The first-order chi connectivity index (χ1) is 14.8. The number of carbonyl (C=O) groups is 2. The van der Waals surface area contributed by atoms with Crippen LogP contribution in [0.3, 0.4) is 0 Å². The summed E-state index contributed by atoms with van der Waals surface area (Å²) < 4.78 is 5.40. The van der Waals surface area contributed by atoms with Gasteiger partial charge in [0.15, 0.2) is 0 Å². The molecule has 3 aromatic rings. The molecule has 1 saturated heterocycles. The molecule has 0 saturated carbocycles. The van der Waals surface area contributed by atoms with Crippen LogP contribution in [0, 0.1) is 13.8 Å². The number of thiophene rings is 1. The monoisotopic (exact) mass is 453 g/mol. The highest BCUT2D eigenvalue weighted by atomic mass is 35.5. The number of aliphatic hydroxyl groups excluding tert-OH is 1. The van der Waals surface area contributed by atoms with Crippen LogP contribution in [0.2, 0.25) is 5.02 Å². The zero-order valence-corrected chi connectivity index (χ0v) is 18.8. The van der Waals surface area contributed by atoms with E-state index in [1.54, 1.807) is 36.4 Å². The molecule has 0 spiro atoms. The number of anilines is 1. The molecule has 1 aromatic heterocycles. The van der Waals surface area contributed by atoms with Crippen molar-refractivity contribution < 1.29 is 19.4 Å². The quantitative estimate of drug-likeness (QED) is 0.315. The first-order valence-corrected chi connectivity index (χ1v) is 10.8. The summed E-state index contributed by atoms with van der Waals surface area (Å²) in [5.74, 6) is -1.31. The van der Waals surface area contributed by atoms with Gasteiger partial charge in [-0.2, -0.15) is 0 Å². The highest BCUT2D eigenvalue weighted by Gasteiger charge is 2.48. The van der Waals surface area contributed by atoms with E-state index in [1.807, 2.05) is 31.4 Å². The van der Waals surface area contributed by atoms with Gasteiger partial charge in [0.2, 0.25) is 0 Å². The van der Waals surface area contributed by atoms with E-state index >= 15 is 0 Å². The average molecular weight is 454 g/mol. The molecule has 0 bridgehead atoms. The van der Waals surface area contributed by atoms with Crippen molar-refractivity contribution in [3.63, 3.8) is 0 Å². The van der Waals surface area contributed by atoms with E-state index in [-0.39, 0.29) is 11.3 Å². The first-order valence-electron chi connectivity index (χ1n) is 9.59. The van der Waals surface area contributed by atoms with Crippen LogP contribution in [0.1, 0.15) is 27.6 Å². The van der Waals surface area contributed by atoms with E-state index in [0.717, 1.165) is 16.0 Å². The number of methoxy groups -OCH3 is 1. The number of aliphatic hydroxyl groups is 1. The summed E-state index contributed by atoms with van der Waals surface area (Å²) in [4.78, 5) is 28.6. The number of benzene rings is 2. The number of aryl methyl sites for hydroxylation is 2. The number of rotatable bonds is 4. The molecule has 1 N–H and O–H groups in total. The van der Waals surface area contributed by atoms with Crippen molar-refractivity contribution in [1.82, 2.24) is 0 Å². The van der Waals surface area contributed by atoms with Crippen LogP contribution >= 0.6 is 22.9 Å². The Bertz CT molecular complexity index is 1230. The van der Waals surface area contributed by atoms with Crippen LogP contribution in [0.4, 0.5) is 5.69 Å². The number of halogens is 1.